The van der Waals surface area contributed by atoms with Gasteiger partial charge in [0, 0.05) is 10.7 Å². The van der Waals surface area contributed by atoms with Crippen LogP contribution in [-0.4, -0.2) is 0 Å². The molecule has 0 fully saturated rings. The minimum atomic E-state index is -0.238. The molecule has 1 aliphatic rings. The average molecular weight is 341 g/mol. The van der Waals surface area contributed by atoms with Crippen LogP contribution >= 0.6 is 27.5 Å². The third kappa shape index (κ3) is 2.63. The van der Waals surface area contributed by atoms with Crippen molar-refractivity contribution in [3.63, 3.8) is 0 Å². The van der Waals surface area contributed by atoms with Crippen LogP contribution in [0.2, 0.25) is 5.02 Å². The Hall–Kier alpha value is -1.06. The Morgan fingerprint density at radius 3 is 2.89 bits per heavy atom. The number of hydrogen-bond donors (Lipinski definition) is 1. The summed E-state index contributed by atoms with van der Waals surface area (Å²) >= 11 is 9.24. The quantitative estimate of drug-likeness (QED) is 0.739. The fourth-order valence-electron chi connectivity index (χ4n) is 2.46. The Kier molecular flexibility index (Phi) is 3.50. The molecule has 0 saturated heterocycles. The SMILES string of the molecule is Fc1cc2c(cc1Br)CCC(c1cccc(Cl)c1)N2. The first-order valence-electron chi connectivity index (χ1n) is 6.13. The summed E-state index contributed by atoms with van der Waals surface area (Å²) in [6.45, 7) is 0. The van der Waals surface area contributed by atoms with Crippen LogP contribution in [0.1, 0.15) is 23.6 Å². The van der Waals surface area contributed by atoms with Crippen LogP contribution in [0.5, 0.6) is 0 Å². The Labute approximate surface area is 124 Å². The summed E-state index contributed by atoms with van der Waals surface area (Å²) in [5, 5.41) is 4.12. The molecule has 0 radical (unpaired) electrons. The van der Waals surface area contributed by atoms with E-state index in [1.54, 1.807) is 6.07 Å². The van der Waals surface area contributed by atoms with Gasteiger partial charge in [-0.15, -0.1) is 0 Å². The van der Waals surface area contributed by atoms with Crippen LogP contribution < -0.4 is 5.32 Å². The number of hydrogen-bond acceptors (Lipinski definition) is 1. The van der Waals surface area contributed by atoms with Gasteiger partial charge in [-0.25, -0.2) is 4.39 Å². The molecule has 1 unspecified atom stereocenters. The van der Waals surface area contributed by atoms with Gasteiger partial charge in [0.2, 0.25) is 0 Å². The largest absolute Gasteiger partial charge is 0.378 e. The molecule has 1 N–H and O–H groups in total. The molecule has 2 aromatic carbocycles. The molecule has 0 aliphatic carbocycles. The number of benzene rings is 2. The van der Waals surface area contributed by atoms with Gasteiger partial charge in [0.25, 0.3) is 0 Å². The van der Waals surface area contributed by atoms with E-state index in [0.717, 1.165) is 34.7 Å². The zero-order valence-electron chi connectivity index (χ0n) is 10.1. The summed E-state index contributed by atoms with van der Waals surface area (Å²) in [4.78, 5) is 0. The van der Waals surface area contributed by atoms with E-state index in [4.69, 9.17) is 11.6 Å². The van der Waals surface area contributed by atoms with Crippen LogP contribution in [0.25, 0.3) is 0 Å². The Morgan fingerprint density at radius 1 is 1.26 bits per heavy atom. The lowest BCUT2D eigenvalue weighted by molar-refractivity contribution is 0.613. The molecule has 19 heavy (non-hydrogen) atoms. The molecule has 2 aromatic rings. The van der Waals surface area contributed by atoms with Crippen LogP contribution in [-0.2, 0) is 6.42 Å². The fourth-order valence-corrected chi connectivity index (χ4v) is 3.05. The minimum absolute atomic E-state index is 0.187. The molecule has 98 valence electrons. The lowest BCUT2D eigenvalue weighted by atomic mass is 9.93. The third-order valence-corrected chi connectivity index (χ3v) is 4.27. The maximum absolute atomic E-state index is 13.6. The molecule has 1 nitrogen and oxygen atoms in total. The summed E-state index contributed by atoms with van der Waals surface area (Å²) in [6.07, 6.45) is 1.91. The van der Waals surface area contributed by atoms with Crippen molar-refractivity contribution in [3.05, 3.63) is 62.8 Å². The number of fused-ring (bicyclic) bond motifs is 1. The zero-order chi connectivity index (χ0) is 13.4. The molecule has 0 bridgehead atoms. The first-order chi connectivity index (χ1) is 9.13. The van der Waals surface area contributed by atoms with Crippen molar-refractivity contribution in [2.75, 3.05) is 5.32 Å². The van der Waals surface area contributed by atoms with Crippen molar-refractivity contribution in [1.82, 2.24) is 0 Å². The number of aryl methyl sites for hydroxylation is 1. The lowest BCUT2D eigenvalue weighted by Crippen LogP contribution is -2.18. The van der Waals surface area contributed by atoms with Gasteiger partial charge < -0.3 is 5.32 Å². The van der Waals surface area contributed by atoms with Crippen molar-refractivity contribution in [2.24, 2.45) is 0 Å². The summed E-state index contributed by atoms with van der Waals surface area (Å²) in [7, 11) is 0. The number of anilines is 1. The summed E-state index contributed by atoms with van der Waals surface area (Å²) in [5.41, 5.74) is 3.16. The predicted octanol–water partition coefficient (Wildman–Crippen LogP) is 5.34. The van der Waals surface area contributed by atoms with Crippen LogP contribution in [0.3, 0.4) is 0 Å². The van der Waals surface area contributed by atoms with E-state index in [1.165, 1.54) is 0 Å². The Balaban J connectivity index is 1.92. The highest BCUT2D eigenvalue weighted by molar-refractivity contribution is 9.10. The van der Waals surface area contributed by atoms with Crippen LogP contribution in [0, 0.1) is 5.82 Å². The standard InChI is InChI=1S/C15H12BrClFN/c16-12-7-10-4-5-14(19-15(10)8-13(12)18)9-2-1-3-11(17)6-9/h1-3,6-8,14,19H,4-5H2. The molecule has 4 heteroatoms. The molecule has 0 saturated carbocycles. The summed E-state index contributed by atoms with van der Waals surface area (Å²) in [5.74, 6) is -0.238. The van der Waals surface area contributed by atoms with Crippen molar-refractivity contribution in [3.8, 4) is 0 Å². The molecular formula is C15H12BrClFN. The maximum Gasteiger partial charge on any atom is 0.139 e. The molecule has 1 atom stereocenters. The number of nitrogens with one attached hydrogen (secondary N) is 1. The average Bonchev–Trinajstić information content (AvgIpc) is 2.39. The summed E-state index contributed by atoms with van der Waals surface area (Å²) in [6, 6.07) is 11.4. The Bertz CT molecular complexity index is 630. The lowest BCUT2D eigenvalue weighted by Gasteiger charge is -2.28. The monoisotopic (exact) mass is 339 g/mol. The van der Waals surface area contributed by atoms with Crippen molar-refractivity contribution < 1.29 is 4.39 Å². The van der Waals surface area contributed by atoms with Gasteiger partial charge in [0.15, 0.2) is 0 Å². The molecule has 0 spiro atoms. The zero-order valence-corrected chi connectivity index (χ0v) is 12.4. The van der Waals surface area contributed by atoms with E-state index in [2.05, 4.69) is 21.2 Å². The van der Waals surface area contributed by atoms with Gasteiger partial charge in [-0.2, -0.15) is 0 Å². The van der Waals surface area contributed by atoms with Gasteiger partial charge in [-0.1, -0.05) is 23.7 Å². The first kappa shape index (κ1) is 12.9. The Morgan fingerprint density at radius 2 is 2.11 bits per heavy atom. The second-order valence-corrected chi connectivity index (χ2v) is 6.00. The van der Waals surface area contributed by atoms with Crippen molar-refractivity contribution >= 4 is 33.2 Å². The van der Waals surface area contributed by atoms with Crippen molar-refractivity contribution in [1.29, 1.82) is 0 Å². The first-order valence-corrected chi connectivity index (χ1v) is 7.30. The molecule has 0 amide bonds. The summed E-state index contributed by atoms with van der Waals surface area (Å²) < 4.78 is 14.1. The van der Waals surface area contributed by atoms with E-state index in [0.29, 0.717) is 4.47 Å². The van der Waals surface area contributed by atoms with E-state index >= 15 is 0 Å². The van der Waals surface area contributed by atoms with Gasteiger partial charge in [-0.05, 0) is 64.2 Å². The van der Waals surface area contributed by atoms with E-state index in [-0.39, 0.29) is 11.9 Å². The second-order valence-electron chi connectivity index (χ2n) is 4.71. The molecular weight excluding hydrogens is 329 g/mol. The number of halogens is 3. The molecule has 3 rings (SSSR count). The molecule has 0 aromatic heterocycles. The van der Waals surface area contributed by atoms with Gasteiger partial charge in [0.05, 0.1) is 10.5 Å². The van der Waals surface area contributed by atoms with Gasteiger partial charge >= 0.3 is 0 Å². The predicted molar refractivity (Wildman–Crippen MR) is 80.2 cm³/mol. The minimum Gasteiger partial charge on any atom is -0.378 e. The normalized spacial score (nSPS) is 17.7. The highest BCUT2D eigenvalue weighted by atomic mass is 79.9. The topological polar surface area (TPSA) is 12.0 Å². The smallest absolute Gasteiger partial charge is 0.139 e. The number of rotatable bonds is 1. The second kappa shape index (κ2) is 5.14. The van der Waals surface area contributed by atoms with Crippen LogP contribution in [0.4, 0.5) is 10.1 Å². The van der Waals surface area contributed by atoms with Gasteiger partial charge in [-0.3, -0.25) is 0 Å². The van der Waals surface area contributed by atoms with E-state index in [9.17, 15) is 4.39 Å². The van der Waals surface area contributed by atoms with Crippen molar-refractivity contribution in [2.45, 2.75) is 18.9 Å². The fraction of sp³-hybridized carbons (Fsp3) is 0.200. The maximum atomic E-state index is 13.6. The van der Waals surface area contributed by atoms with E-state index in [1.807, 2.05) is 30.3 Å². The molecule has 1 heterocycles. The molecule has 1 aliphatic heterocycles. The third-order valence-electron chi connectivity index (χ3n) is 3.43. The van der Waals surface area contributed by atoms with E-state index < -0.39 is 0 Å². The van der Waals surface area contributed by atoms with Crippen LogP contribution in [0.15, 0.2) is 40.9 Å². The highest BCUT2D eigenvalue weighted by Crippen LogP contribution is 2.35. The highest BCUT2D eigenvalue weighted by Gasteiger charge is 2.20. The van der Waals surface area contributed by atoms with Gasteiger partial charge in [0.1, 0.15) is 5.82 Å².